The Morgan fingerprint density at radius 2 is 2.15 bits per heavy atom. The molecule has 2 aliphatic rings. The first-order valence-electron chi connectivity index (χ1n) is 6.24. The topological polar surface area (TPSA) is 94.0 Å². The number of carbonyl (C=O) groups excluding carboxylic acids is 1. The number of ether oxygens (including phenoxy) is 2. The summed E-state index contributed by atoms with van der Waals surface area (Å²) >= 11 is 0. The average Bonchev–Trinajstić information content (AvgIpc) is 3.07. The van der Waals surface area contributed by atoms with Gasteiger partial charge in [-0.3, -0.25) is 14.9 Å². The van der Waals surface area contributed by atoms with E-state index in [1.165, 1.54) is 19.1 Å². The van der Waals surface area contributed by atoms with E-state index in [0.29, 0.717) is 11.3 Å². The molecule has 1 N–H and O–H groups in total. The zero-order chi connectivity index (χ0) is 14.7. The number of nitrogens with one attached hydrogen (secondary N) is 1. The van der Waals surface area contributed by atoms with Crippen LogP contribution < -0.4 is 10.1 Å². The lowest BCUT2D eigenvalue weighted by atomic mass is 9.93. The normalized spacial score (nSPS) is 24.9. The third-order valence-electron chi connectivity index (χ3n) is 3.49. The Balaban J connectivity index is 2.09. The fourth-order valence-corrected chi connectivity index (χ4v) is 2.55. The van der Waals surface area contributed by atoms with Crippen LogP contribution in [0.5, 0.6) is 5.75 Å². The molecule has 0 bridgehead atoms. The highest BCUT2D eigenvalue weighted by Crippen LogP contribution is 2.55. The number of hydrogen-bond acceptors (Lipinski definition) is 5. The summed E-state index contributed by atoms with van der Waals surface area (Å²) in [4.78, 5) is 21.7. The third-order valence-corrected chi connectivity index (χ3v) is 3.49. The summed E-state index contributed by atoms with van der Waals surface area (Å²) in [5, 5.41) is 13.6. The summed E-state index contributed by atoms with van der Waals surface area (Å²) in [6, 6.07) is 2.91. The van der Waals surface area contributed by atoms with Gasteiger partial charge in [0.2, 0.25) is 5.91 Å². The maximum atomic E-state index is 11.2. The molecule has 20 heavy (non-hydrogen) atoms. The van der Waals surface area contributed by atoms with Gasteiger partial charge < -0.3 is 14.8 Å². The third kappa shape index (κ3) is 1.90. The number of nitrogens with zero attached hydrogens (tertiary/aromatic N) is 1. The van der Waals surface area contributed by atoms with Crippen LogP contribution in [0.15, 0.2) is 12.1 Å². The number of benzene rings is 1. The summed E-state index contributed by atoms with van der Waals surface area (Å²) in [5.74, 6) is 0.145. The predicted molar refractivity (Wildman–Crippen MR) is 69.7 cm³/mol. The second kappa shape index (κ2) is 3.92. The average molecular weight is 278 g/mol. The molecular weight excluding hydrogens is 264 g/mol. The fraction of sp³-hybridized carbons (Fsp3) is 0.462. The molecule has 7 nitrogen and oxygen atoms in total. The van der Waals surface area contributed by atoms with E-state index in [-0.39, 0.29) is 29.5 Å². The molecule has 1 saturated heterocycles. The van der Waals surface area contributed by atoms with E-state index in [4.69, 9.17) is 9.47 Å². The number of anilines is 1. The Labute approximate surface area is 115 Å². The molecule has 1 aromatic carbocycles. The van der Waals surface area contributed by atoms with Crippen LogP contribution >= 0.6 is 0 Å². The van der Waals surface area contributed by atoms with E-state index in [1.54, 1.807) is 0 Å². The van der Waals surface area contributed by atoms with Gasteiger partial charge in [-0.15, -0.1) is 0 Å². The zero-order valence-electron chi connectivity index (χ0n) is 11.3. The van der Waals surface area contributed by atoms with Gasteiger partial charge in [-0.05, 0) is 13.8 Å². The van der Waals surface area contributed by atoms with Crippen LogP contribution in [0, 0.1) is 10.1 Å². The molecule has 1 amide bonds. The van der Waals surface area contributed by atoms with Gasteiger partial charge in [-0.2, -0.15) is 0 Å². The minimum atomic E-state index is -0.525. The first kappa shape index (κ1) is 12.9. The molecule has 1 aromatic rings. The lowest BCUT2D eigenvalue weighted by Crippen LogP contribution is -2.37. The van der Waals surface area contributed by atoms with Gasteiger partial charge in [0.05, 0.1) is 4.92 Å². The lowest BCUT2D eigenvalue weighted by molar-refractivity contribution is -0.384. The minimum absolute atomic E-state index is 0.0822. The van der Waals surface area contributed by atoms with Crippen molar-refractivity contribution in [3.63, 3.8) is 0 Å². The number of epoxide rings is 1. The monoisotopic (exact) mass is 278 g/mol. The standard InChI is InChI=1S/C13H14N2O5/c1-6(16)14-8-5-10-7(4-9(8)15(17)18)11-12(19-11)13(2,3)20-10/h4-5,11-12H,1-3H3,(H,14,16). The summed E-state index contributed by atoms with van der Waals surface area (Å²) in [6.45, 7) is 5.11. The summed E-state index contributed by atoms with van der Waals surface area (Å²) in [6.07, 6.45) is -0.250. The number of carbonyl (C=O) groups is 1. The number of rotatable bonds is 2. The molecular formula is C13H14N2O5. The SMILES string of the molecule is CC(=O)Nc1cc2c(cc1[N+](=O)[O-])C1OC1C(C)(C)O2. The number of nitro groups is 1. The van der Waals surface area contributed by atoms with Gasteiger partial charge >= 0.3 is 0 Å². The van der Waals surface area contributed by atoms with Crippen molar-refractivity contribution in [3.8, 4) is 5.75 Å². The number of fused-ring (bicyclic) bond motifs is 3. The number of hydrogen-bond donors (Lipinski definition) is 1. The number of nitro benzene ring substituents is 1. The largest absolute Gasteiger partial charge is 0.485 e. The molecule has 2 atom stereocenters. The van der Waals surface area contributed by atoms with E-state index in [0.717, 1.165) is 0 Å². The van der Waals surface area contributed by atoms with E-state index in [9.17, 15) is 14.9 Å². The number of amides is 1. The predicted octanol–water partition coefficient (Wildman–Crippen LogP) is 2.16. The van der Waals surface area contributed by atoms with Crippen molar-refractivity contribution in [2.24, 2.45) is 0 Å². The summed E-state index contributed by atoms with van der Waals surface area (Å²) in [7, 11) is 0. The van der Waals surface area contributed by atoms with Gasteiger partial charge in [0.25, 0.3) is 5.69 Å². The first-order valence-corrected chi connectivity index (χ1v) is 6.24. The van der Waals surface area contributed by atoms with Crippen molar-refractivity contribution < 1.29 is 19.2 Å². The second-order valence-corrected chi connectivity index (χ2v) is 5.53. The van der Waals surface area contributed by atoms with Gasteiger partial charge in [-0.1, -0.05) is 0 Å². The Bertz CT molecular complexity index is 625. The highest BCUT2D eigenvalue weighted by Gasteiger charge is 2.57. The van der Waals surface area contributed by atoms with Gasteiger partial charge in [0, 0.05) is 24.6 Å². The van der Waals surface area contributed by atoms with Gasteiger partial charge in [0.15, 0.2) is 0 Å². The molecule has 0 aromatic heterocycles. The highest BCUT2D eigenvalue weighted by atomic mass is 16.6. The second-order valence-electron chi connectivity index (χ2n) is 5.53. The fourth-order valence-electron chi connectivity index (χ4n) is 2.55. The maximum Gasteiger partial charge on any atom is 0.293 e. The smallest absolute Gasteiger partial charge is 0.293 e. The van der Waals surface area contributed by atoms with Crippen LogP contribution in [-0.2, 0) is 9.53 Å². The Hall–Kier alpha value is -2.15. The Morgan fingerprint density at radius 1 is 1.45 bits per heavy atom. The maximum absolute atomic E-state index is 11.2. The van der Waals surface area contributed by atoms with Crippen LogP contribution in [0.3, 0.4) is 0 Å². The van der Waals surface area contributed by atoms with E-state index < -0.39 is 10.5 Å². The highest BCUT2D eigenvalue weighted by molar-refractivity contribution is 5.92. The van der Waals surface area contributed by atoms with Crippen LogP contribution in [0.25, 0.3) is 0 Å². The minimum Gasteiger partial charge on any atom is -0.485 e. The lowest BCUT2D eigenvalue weighted by Gasteiger charge is -2.29. The van der Waals surface area contributed by atoms with Crippen molar-refractivity contribution in [1.29, 1.82) is 0 Å². The van der Waals surface area contributed by atoms with Crippen LogP contribution in [0.4, 0.5) is 11.4 Å². The van der Waals surface area contributed by atoms with E-state index in [1.807, 2.05) is 13.8 Å². The first-order chi connectivity index (χ1) is 9.29. The zero-order valence-corrected chi connectivity index (χ0v) is 11.3. The van der Waals surface area contributed by atoms with Gasteiger partial charge in [-0.25, -0.2) is 0 Å². The van der Waals surface area contributed by atoms with Gasteiger partial charge in [0.1, 0.15) is 29.2 Å². The van der Waals surface area contributed by atoms with E-state index in [2.05, 4.69) is 5.32 Å². The van der Waals surface area contributed by atoms with Crippen molar-refractivity contribution in [2.75, 3.05) is 5.32 Å². The molecule has 7 heteroatoms. The quantitative estimate of drug-likeness (QED) is 0.508. The summed E-state index contributed by atoms with van der Waals surface area (Å²) < 4.78 is 11.4. The molecule has 0 saturated carbocycles. The molecule has 1 fully saturated rings. The Kier molecular flexibility index (Phi) is 2.52. The molecule has 2 heterocycles. The van der Waals surface area contributed by atoms with Crippen LogP contribution in [-0.4, -0.2) is 22.5 Å². The van der Waals surface area contributed by atoms with Crippen molar-refractivity contribution in [1.82, 2.24) is 0 Å². The summed E-state index contributed by atoms with van der Waals surface area (Å²) in [5.41, 5.74) is 0.157. The molecule has 2 aliphatic heterocycles. The van der Waals surface area contributed by atoms with Crippen LogP contribution in [0.1, 0.15) is 32.4 Å². The molecule has 106 valence electrons. The molecule has 2 unspecified atom stereocenters. The Morgan fingerprint density at radius 3 is 2.75 bits per heavy atom. The molecule has 0 radical (unpaired) electrons. The molecule has 3 rings (SSSR count). The van der Waals surface area contributed by atoms with Crippen molar-refractivity contribution >= 4 is 17.3 Å². The van der Waals surface area contributed by atoms with E-state index >= 15 is 0 Å². The molecule has 0 spiro atoms. The molecule has 0 aliphatic carbocycles. The van der Waals surface area contributed by atoms with Crippen molar-refractivity contribution in [2.45, 2.75) is 38.6 Å². The van der Waals surface area contributed by atoms with Crippen molar-refractivity contribution in [3.05, 3.63) is 27.8 Å². The van der Waals surface area contributed by atoms with Crippen LogP contribution in [0.2, 0.25) is 0 Å².